The molecule has 0 aromatic heterocycles. The highest BCUT2D eigenvalue weighted by molar-refractivity contribution is 7.47. The Kier molecular flexibility index (Phi) is 52.0. The van der Waals surface area contributed by atoms with Crippen LogP contribution in [0.15, 0.2) is 134 Å². The van der Waals surface area contributed by atoms with Crippen LogP contribution in [0.2, 0.25) is 0 Å². The van der Waals surface area contributed by atoms with Crippen LogP contribution in [0.25, 0.3) is 0 Å². The van der Waals surface area contributed by atoms with Gasteiger partial charge in [-0.15, -0.1) is 0 Å². The second-order valence-electron chi connectivity index (χ2n) is 20.6. The van der Waals surface area contributed by atoms with Crippen molar-refractivity contribution in [3.63, 3.8) is 0 Å². The zero-order chi connectivity index (χ0) is 54.2. The maximum Gasteiger partial charge on any atom is 0.472 e. The standard InChI is InChI=1S/C65H111N2O6P/c1-6-8-10-12-14-16-18-20-22-23-24-25-26-27-28-29-30-31-32-33-34-35-36-37-38-39-40-41-42-43-45-47-49-51-53-55-57-59-65(69)66-63(62-73-74(70,71)72-61-60-67(3,4)5)64(68)58-56-54-52-50-48-46-44-21-19-17-15-13-11-9-7-2/h8,10,14,16,20,22,24-25,27-28,30-31,33-34,36-37,39-40,42-43,47,49,63-64,68H,6-7,9,11-13,15,17-19,21,23,26,29,32,35,38,41,44-46,48,50-62H2,1-5H3,(H-,66,69,70,71)/p+1/b10-8-,16-14-,22-20-,25-24-,28-27-,31-30-,34-33-,37-36-,40-39-,43-42-,49-47-. The minimum atomic E-state index is -4.34. The summed E-state index contributed by atoms with van der Waals surface area (Å²) >= 11 is 0. The summed E-state index contributed by atoms with van der Waals surface area (Å²) in [6.07, 6.45) is 82.3. The number of aliphatic hydroxyl groups is 1. The molecule has 0 saturated carbocycles. The number of phosphoric ester groups is 1. The second kappa shape index (κ2) is 54.4. The van der Waals surface area contributed by atoms with Gasteiger partial charge in [0.1, 0.15) is 13.2 Å². The Hall–Kier alpha value is -3.36. The van der Waals surface area contributed by atoms with E-state index in [4.69, 9.17) is 9.05 Å². The Morgan fingerprint density at radius 2 is 0.811 bits per heavy atom. The van der Waals surface area contributed by atoms with Crippen LogP contribution in [-0.2, 0) is 18.4 Å². The van der Waals surface area contributed by atoms with Crippen LogP contribution >= 0.6 is 7.82 Å². The van der Waals surface area contributed by atoms with Crippen LogP contribution in [0.4, 0.5) is 0 Å². The molecule has 0 aliphatic rings. The molecule has 9 heteroatoms. The van der Waals surface area contributed by atoms with Crippen LogP contribution in [-0.4, -0.2) is 73.4 Å². The fourth-order valence-electron chi connectivity index (χ4n) is 7.81. The first-order valence-electron chi connectivity index (χ1n) is 29.5. The van der Waals surface area contributed by atoms with Gasteiger partial charge in [0.25, 0.3) is 0 Å². The maximum absolute atomic E-state index is 13.0. The summed E-state index contributed by atoms with van der Waals surface area (Å²) in [4.78, 5) is 23.3. The SMILES string of the molecule is CC/C=C\C/C=C\C/C=C\C/C=C\C/C=C\C/C=C\C/C=C\C/C=C\C/C=C\C/C=C\C/C=C\CCCCCC(=O)NC(COP(=O)(O)OCC[N+](C)(C)C)C(O)CCCCCCCCCCCCCCCCC. The molecule has 3 unspecified atom stereocenters. The molecule has 1 amide bonds. The van der Waals surface area contributed by atoms with Crippen molar-refractivity contribution >= 4 is 13.7 Å². The summed E-state index contributed by atoms with van der Waals surface area (Å²) < 4.78 is 23.7. The van der Waals surface area contributed by atoms with E-state index in [-0.39, 0.29) is 19.1 Å². The molecule has 0 fully saturated rings. The van der Waals surface area contributed by atoms with Gasteiger partial charge in [0.05, 0.1) is 39.9 Å². The number of aliphatic hydroxyl groups excluding tert-OH is 1. The van der Waals surface area contributed by atoms with Gasteiger partial charge in [-0.25, -0.2) is 4.57 Å². The van der Waals surface area contributed by atoms with Crippen molar-refractivity contribution < 1.29 is 32.9 Å². The Morgan fingerprint density at radius 3 is 1.18 bits per heavy atom. The number of phosphoric acid groups is 1. The van der Waals surface area contributed by atoms with E-state index >= 15 is 0 Å². The third-order valence-corrected chi connectivity index (χ3v) is 13.4. The molecule has 0 aromatic carbocycles. The topological polar surface area (TPSA) is 105 Å². The predicted molar refractivity (Wildman–Crippen MR) is 322 cm³/mol. The fraction of sp³-hybridized carbons (Fsp3) is 0.646. The number of hydrogen-bond donors (Lipinski definition) is 3. The predicted octanol–water partition coefficient (Wildman–Crippen LogP) is 18.3. The van der Waals surface area contributed by atoms with Gasteiger partial charge < -0.3 is 19.8 Å². The number of amides is 1. The molecule has 0 heterocycles. The molecule has 3 atom stereocenters. The van der Waals surface area contributed by atoms with Crippen LogP contribution in [0.3, 0.4) is 0 Å². The first-order valence-corrected chi connectivity index (χ1v) is 31.0. The van der Waals surface area contributed by atoms with E-state index in [1.807, 2.05) is 21.1 Å². The lowest BCUT2D eigenvalue weighted by Crippen LogP contribution is -2.46. The van der Waals surface area contributed by atoms with E-state index in [0.717, 1.165) is 116 Å². The molecule has 3 N–H and O–H groups in total. The number of rotatable bonds is 52. The van der Waals surface area contributed by atoms with Crippen molar-refractivity contribution in [1.82, 2.24) is 5.32 Å². The van der Waals surface area contributed by atoms with Gasteiger partial charge in [0, 0.05) is 6.42 Å². The Bertz CT molecular complexity index is 1660. The molecule has 0 rings (SSSR count). The number of nitrogens with zero attached hydrogens (tertiary/aromatic N) is 1. The highest BCUT2D eigenvalue weighted by atomic mass is 31.2. The molecule has 0 spiro atoms. The van der Waals surface area contributed by atoms with Crippen molar-refractivity contribution in [3.8, 4) is 0 Å². The highest BCUT2D eigenvalue weighted by Crippen LogP contribution is 2.43. The van der Waals surface area contributed by atoms with Gasteiger partial charge in [-0.2, -0.15) is 0 Å². The van der Waals surface area contributed by atoms with Gasteiger partial charge in [-0.05, 0) is 96.3 Å². The smallest absolute Gasteiger partial charge is 0.391 e. The molecular formula is C65H112N2O6P+. The van der Waals surface area contributed by atoms with Gasteiger partial charge >= 0.3 is 7.82 Å². The number of allylic oxidation sites excluding steroid dienone is 22. The summed E-state index contributed by atoms with van der Waals surface area (Å²) in [6.45, 7) is 4.73. The first-order chi connectivity index (χ1) is 36.0. The van der Waals surface area contributed by atoms with E-state index in [1.54, 1.807) is 0 Å². The summed E-state index contributed by atoms with van der Waals surface area (Å²) in [6, 6.07) is -0.788. The number of quaternary nitrogens is 1. The van der Waals surface area contributed by atoms with Gasteiger partial charge in [0.15, 0.2) is 0 Å². The molecule has 74 heavy (non-hydrogen) atoms. The van der Waals surface area contributed by atoms with Crippen molar-refractivity contribution in [2.24, 2.45) is 0 Å². The fourth-order valence-corrected chi connectivity index (χ4v) is 8.55. The van der Waals surface area contributed by atoms with E-state index in [0.29, 0.717) is 23.9 Å². The summed E-state index contributed by atoms with van der Waals surface area (Å²) in [5, 5.41) is 14.0. The summed E-state index contributed by atoms with van der Waals surface area (Å²) in [7, 11) is 1.57. The van der Waals surface area contributed by atoms with E-state index in [2.05, 4.69) is 153 Å². The molecule has 0 aromatic rings. The van der Waals surface area contributed by atoms with Crippen LogP contribution < -0.4 is 5.32 Å². The Morgan fingerprint density at radius 1 is 0.473 bits per heavy atom. The average Bonchev–Trinajstić information content (AvgIpc) is 3.36. The molecule has 0 radical (unpaired) electrons. The second-order valence-corrected chi connectivity index (χ2v) is 22.1. The van der Waals surface area contributed by atoms with Crippen LogP contribution in [0.5, 0.6) is 0 Å². The molecule has 0 aliphatic heterocycles. The van der Waals surface area contributed by atoms with Crippen molar-refractivity contribution in [2.45, 2.75) is 231 Å². The normalized spacial score (nSPS) is 14.9. The number of carbonyl (C=O) groups excluding carboxylic acids is 1. The lowest BCUT2D eigenvalue weighted by atomic mass is 10.0. The van der Waals surface area contributed by atoms with Crippen LogP contribution in [0.1, 0.15) is 219 Å². The monoisotopic (exact) mass is 1050 g/mol. The van der Waals surface area contributed by atoms with Crippen molar-refractivity contribution in [3.05, 3.63) is 134 Å². The average molecular weight is 1050 g/mol. The van der Waals surface area contributed by atoms with E-state index < -0.39 is 20.0 Å². The lowest BCUT2D eigenvalue weighted by Gasteiger charge is -2.26. The molecule has 0 bridgehead atoms. The number of nitrogens with one attached hydrogen (secondary N) is 1. The van der Waals surface area contributed by atoms with Crippen molar-refractivity contribution in [1.29, 1.82) is 0 Å². The number of hydrogen-bond acceptors (Lipinski definition) is 5. The molecule has 8 nitrogen and oxygen atoms in total. The molecular weight excluding hydrogens is 936 g/mol. The zero-order valence-electron chi connectivity index (χ0n) is 48.0. The Balaban J connectivity index is 4.24. The van der Waals surface area contributed by atoms with E-state index in [1.165, 1.54) is 77.0 Å². The summed E-state index contributed by atoms with van der Waals surface area (Å²) in [5.41, 5.74) is 0. The minimum Gasteiger partial charge on any atom is -0.391 e. The Labute approximate surface area is 456 Å². The largest absolute Gasteiger partial charge is 0.472 e. The molecule has 422 valence electrons. The number of carbonyl (C=O) groups is 1. The lowest BCUT2D eigenvalue weighted by molar-refractivity contribution is -0.870. The van der Waals surface area contributed by atoms with E-state index in [9.17, 15) is 19.4 Å². The number of unbranched alkanes of at least 4 members (excludes halogenated alkanes) is 17. The van der Waals surface area contributed by atoms with Crippen molar-refractivity contribution in [2.75, 3.05) is 40.9 Å². The zero-order valence-corrected chi connectivity index (χ0v) is 48.9. The first kappa shape index (κ1) is 70.6. The third-order valence-electron chi connectivity index (χ3n) is 12.4. The maximum atomic E-state index is 13.0. The van der Waals surface area contributed by atoms with Gasteiger partial charge in [-0.3, -0.25) is 13.8 Å². The highest BCUT2D eigenvalue weighted by Gasteiger charge is 2.28. The molecule has 0 saturated heterocycles. The van der Waals surface area contributed by atoms with Crippen LogP contribution in [0, 0.1) is 0 Å². The van der Waals surface area contributed by atoms with Gasteiger partial charge in [0.2, 0.25) is 5.91 Å². The van der Waals surface area contributed by atoms with Gasteiger partial charge in [-0.1, -0.05) is 250 Å². The molecule has 0 aliphatic carbocycles. The minimum absolute atomic E-state index is 0.0608. The quantitative estimate of drug-likeness (QED) is 0.0243. The summed E-state index contributed by atoms with van der Waals surface area (Å²) in [5.74, 6) is -0.181. The third kappa shape index (κ3) is 56.4. The number of likely N-dealkylation sites (N-methyl/N-ethyl adjacent to an activating group) is 1.